The summed E-state index contributed by atoms with van der Waals surface area (Å²) in [6.45, 7) is 0.886. The van der Waals surface area contributed by atoms with Gasteiger partial charge in [-0.15, -0.1) is 0 Å². The van der Waals surface area contributed by atoms with Crippen molar-refractivity contribution < 1.29 is 9.90 Å². The van der Waals surface area contributed by atoms with Gasteiger partial charge < -0.3 is 10.4 Å². The number of carboxylic acid groups (broad SMARTS) is 1. The molecule has 5 heteroatoms. The first kappa shape index (κ1) is 9.69. The molecule has 2 N–H and O–H groups in total. The molecule has 3 rings (SSSR count). The molecule has 2 atom stereocenters. The lowest BCUT2D eigenvalue weighted by atomic mass is 9.83. The zero-order chi connectivity index (χ0) is 11.1. The van der Waals surface area contributed by atoms with E-state index in [0.29, 0.717) is 23.3 Å². The molecule has 0 radical (unpaired) electrons. The highest BCUT2D eigenvalue weighted by molar-refractivity contribution is 5.93. The summed E-state index contributed by atoms with van der Waals surface area (Å²) in [6, 6.07) is 0.401. The van der Waals surface area contributed by atoms with Crippen molar-refractivity contribution >= 4 is 11.8 Å². The van der Waals surface area contributed by atoms with E-state index in [4.69, 9.17) is 5.11 Å². The highest BCUT2D eigenvalue weighted by atomic mass is 16.4. The lowest BCUT2D eigenvalue weighted by Gasteiger charge is -2.37. The maximum Gasteiger partial charge on any atom is 0.341 e. The summed E-state index contributed by atoms with van der Waals surface area (Å²) in [5.74, 6) is 0.404. The minimum atomic E-state index is -0.900. The van der Waals surface area contributed by atoms with Gasteiger partial charge in [-0.1, -0.05) is 12.8 Å². The quantitative estimate of drug-likeness (QED) is 0.758. The second-order valence-electron chi connectivity index (χ2n) is 4.65. The van der Waals surface area contributed by atoms with Gasteiger partial charge >= 0.3 is 5.97 Å². The summed E-state index contributed by atoms with van der Waals surface area (Å²) in [4.78, 5) is 11.0. The lowest BCUT2D eigenvalue weighted by Crippen LogP contribution is -2.35. The summed E-state index contributed by atoms with van der Waals surface area (Å²) in [6.07, 6.45) is 6.31. The Morgan fingerprint density at radius 1 is 1.50 bits per heavy atom. The van der Waals surface area contributed by atoms with E-state index in [1.165, 1.54) is 25.5 Å². The molecule has 1 saturated carbocycles. The van der Waals surface area contributed by atoms with Crippen LogP contribution in [0.2, 0.25) is 0 Å². The first-order valence-electron chi connectivity index (χ1n) is 5.82. The Balaban J connectivity index is 2.00. The molecule has 2 unspecified atom stereocenters. The Morgan fingerprint density at radius 3 is 3.12 bits per heavy atom. The van der Waals surface area contributed by atoms with Gasteiger partial charge in [0.05, 0.1) is 12.2 Å². The fraction of sp³-hybridized carbons (Fsp3) is 0.636. The van der Waals surface area contributed by atoms with Gasteiger partial charge in [0, 0.05) is 6.54 Å². The van der Waals surface area contributed by atoms with Crippen LogP contribution < -0.4 is 5.32 Å². The van der Waals surface area contributed by atoms with Crippen LogP contribution in [0.3, 0.4) is 0 Å². The molecule has 5 nitrogen and oxygen atoms in total. The van der Waals surface area contributed by atoms with Gasteiger partial charge in [0.2, 0.25) is 0 Å². The molecule has 1 fully saturated rings. The van der Waals surface area contributed by atoms with Crippen molar-refractivity contribution in [1.82, 2.24) is 9.78 Å². The molecule has 0 bridgehead atoms. The molecular weight excluding hydrogens is 206 g/mol. The Bertz CT molecular complexity index is 427. The van der Waals surface area contributed by atoms with Crippen molar-refractivity contribution in [1.29, 1.82) is 0 Å². The Morgan fingerprint density at radius 2 is 2.31 bits per heavy atom. The number of fused-ring (bicyclic) bond motifs is 3. The summed E-state index contributed by atoms with van der Waals surface area (Å²) >= 11 is 0. The fourth-order valence-electron chi connectivity index (χ4n) is 2.92. The van der Waals surface area contributed by atoms with E-state index in [9.17, 15) is 4.79 Å². The molecule has 1 aromatic heterocycles. The third-order valence-corrected chi connectivity index (χ3v) is 3.74. The van der Waals surface area contributed by atoms with Crippen LogP contribution in [-0.2, 0) is 0 Å². The number of nitrogens with zero attached hydrogens (tertiary/aromatic N) is 2. The molecule has 1 aromatic rings. The lowest BCUT2D eigenvalue weighted by molar-refractivity contribution is 0.0697. The average molecular weight is 221 g/mol. The predicted octanol–water partition coefficient (Wildman–Crippen LogP) is 1.74. The topological polar surface area (TPSA) is 67.1 Å². The fourth-order valence-corrected chi connectivity index (χ4v) is 2.92. The standard InChI is InChI=1S/C11H15N3O2/c15-11(16)8-6-13-14-9-4-2-1-3-7(9)5-12-10(8)14/h6-7,9,12H,1-5H2,(H,15,16). The van der Waals surface area contributed by atoms with Crippen LogP contribution >= 0.6 is 0 Å². The minimum absolute atomic E-state index is 0.295. The Kier molecular flexibility index (Phi) is 2.12. The number of carboxylic acids is 1. The molecule has 0 saturated heterocycles. The molecule has 1 aliphatic carbocycles. The largest absolute Gasteiger partial charge is 0.477 e. The molecule has 0 spiro atoms. The van der Waals surface area contributed by atoms with E-state index < -0.39 is 5.97 Å². The van der Waals surface area contributed by atoms with Crippen molar-refractivity contribution in [3.8, 4) is 0 Å². The van der Waals surface area contributed by atoms with E-state index in [2.05, 4.69) is 10.4 Å². The summed E-state index contributed by atoms with van der Waals surface area (Å²) < 4.78 is 1.89. The number of rotatable bonds is 1. The number of nitrogens with one attached hydrogen (secondary N) is 1. The van der Waals surface area contributed by atoms with Crippen LogP contribution in [0.25, 0.3) is 0 Å². The zero-order valence-electron chi connectivity index (χ0n) is 9.02. The van der Waals surface area contributed by atoms with E-state index >= 15 is 0 Å². The smallest absolute Gasteiger partial charge is 0.341 e. The Labute approximate surface area is 93.5 Å². The van der Waals surface area contributed by atoms with E-state index in [0.717, 1.165) is 13.0 Å². The number of anilines is 1. The zero-order valence-corrected chi connectivity index (χ0v) is 9.02. The molecule has 0 amide bonds. The van der Waals surface area contributed by atoms with Gasteiger partial charge in [-0.25, -0.2) is 9.48 Å². The monoisotopic (exact) mass is 221 g/mol. The van der Waals surface area contributed by atoms with Crippen LogP contribution in [0.1, 0.15) is 42.1 Å². The summed E-state index contributed by atoms with van der Waals surface area (Å²) in [7, 11) is 0. The minimum Gasteiger partial charge on any atom is -0.477 e. The maximum atomic E-state index is 11.0. The number of hydrogen-bond acceptors (Lipinski definition) is 3. The van der Waals surface area contributed by atoms with Gasteiger partial charge in [0.1, 0.15) is 11.4 Å². The van der Waals surface area contributed by atoms with Gasteiger partial charge in [0.25, 0.3) is 0 Å². The third kappa shape index (κ3) is 1.31. The van der Waals surface area contributed by atoms with Crippen molar-refractivity contribution in [2.45, 2.75) is 31.7 Å². The molecule has 16 heavy (non-hydrogen) atoms. The van der Waals surface area contributed by atoms with Gasteiger partial charge in [-0.3, -0.25) is 0 Å². The normalized spacial score (nSPS) is 27.8. The number of aromatic nitrogens is 2. The SMILES string of the molecule is O=C(O)c1cnn2c1NCC1CCCCC12. The van der Waals surface area contributed by atoms with Crippen LogP contribution in [0.15, 0.2) is 6.20 Å². The third-order valence-electron chi connectivity index (χ3n) is 3.74. The second-order valence-corrected chi connectivity index (χ2v) is 4.65. The second kappa shape index (κ2) is 3.50. The van der Waals surface area contributed by atoms with Crippen LogP contribution in [0.4, 0.5) is 5.82 Å². The molecule has 1 aliphatic heterocycles. The van der Waals surface area contributed by atoms with Crippen molar-refractivity contribution in [3.63, 3.8) is 0 Å². The van der Waals surface area contributed by atoms with E-state index in [-0.39, 0.29) is 0 Å². The maximum absolute atomic E-state index is 11.0. The van der Waals surface area contributed by atoms with Crippen molar-refractivity contribution in [2.75, 3.05) is 11.9 Å². The molecule has 0 aromatic carbocycles. The van der Waals surface area contributed by atoms with Crippen LogP contribution in [-0.4, -0.2) is 27.4 Å². The summed E-state index contributed by atoms with van der Waals surface area (Å²) in [5, 5.41) is 16.5. The molecular formula is C11H15N3O2. The van der Waals surface area contributed by atoms with E-state index in [1.54, 1.807) is 0 Å². The van der Waals surface area contributed by atoms with Crippen molar-refractivity contribution in [3.05, 3.63) is 11.8 Å². The first-order valence-corrected chi connectivity index (χ1v) is 5.82. The number of carbonyl (C=O) groups is 1. The van der Waals surface area contributed by atoms with Gasteiger partial charge in [-0.05, 0) is 18.8 Å². The van der Waals surface area contributed by atoms with Crippen LogP contribution in [0, 0.1) is 5.92 Å². The van der Waals surface area contributed by atoms with E-state index in [1.807, 2.05) is 4.68 Å². The molecule has 2 aliphatic rings. The van der Waals surface area contributed by atoms with Gasteiger partial charge in [0.15, 0.2) is 0 Å². The van der Waals surface area contributed by atoms with Crippen molar-refractivity contribution in [2.24, 2.45) is 5.92 Å². The average Bonchev–Trinajstić information content (AvgIpc) is 2.73. The summed E-state index contributed by atoms with van der Waals surface area (Å²) in [5.41, 5.74) is 0.295. The predicted molar refractivity (Wildman–Crippen MR) is 58.7 cm³/mol. The highest BCUT2D eigenvalue weighted by Crippen LogP contribution is 2.39. The number of aromatic carboxylic acids is 1. The molecule has 2 heterocycles. The molecule has 86 valence electrons. The highest BCUT2D eigenvalue weighted by Gasteiger charge is 2.34. The first-order chi connectivity index (χ1) is 7.77. The Hall–Kier alpha value is -1.52. The number of hydrogen-bond donors (Lipinski definition) is 2. The van der Waals surface area contributed by atoms with Crippen LogP contribution in [0.5, 0.6) is 0 Å². The van der Waals surface area contributed by atoms with Gasteiger partial charge in [-0.2, -0.15) is 5.10 Å².